The number of hydrogen-bond acceptors (Lipinski definition) is 6. The van der Waals surface area contributed by atoms with E-state index >= 15 is 0 Å². The Bertz CT molecular complexity index is 518. The summed E-state index contributed by atoms with van der Waals surface area (Å²) in [5, 5.41) is 2.75. The highest BCUT2D eigenvalue weighted by molar-refractivity contribution is 5.91. The van der Waals surface area contributed by atoms with Crippen molar-refractivity contribution in [2.24, 2.45) is 0 Å². The van der Waals surface area contributed by atoms with Gasteiger partial charge < -0.3 is 24.1 Å². The number of methoxy groups -OCH3 is 2. The zero-order valence-electron chi connectivity index (χ0n) is 15.4. The Morgan fingerprint density at radius 1 is 1.24 bits per heavy atom. The molecule has 1 heterocycles. The fourth-order valence-electron chi connectivity index (χ4n) is 2.22. The van der Waals surface area contributed by atoms with Gasteiger partial charge in [0.2, 0.25) is 11.8 Å². The summed E-state index contributed by atoms with van der Waals surface area (Å²) in [6, 6.07) is 0. The summed E-state index contributed by atoms with van der Waals surface area (Å²) in [6.07, 6.45) is 4.03. The van der Waals surface area contributed by atoms with Gasteiger partial charge in [0, 0.05) is 46.9 Å². The van der Waals surface area contributed by atoms with E-state index in [2.05, 4.69) is 10.3 Å². The molecule has 1 aromatic heterocycles. The summed E-state index contributed by atoms with van der Waals surface area (Å²) < 4.78 is 15.3. The van der Waals surface area contributed by atoms with Gasteiger partial charge in [-0.1, -0.05) is 6.92 Å². The van der Waals surface area contributed by atoms with Crippen LogP contribution in [-0.4, -0.2) is 62.2 Å². The Hall–Kier alpha value is -1.93. The Morgan fingerprint density at radius 2 is 1.96 bits per heavy atom. The molecule has 0 unspecified atom stereocenters. The lowest BCUT2D eigenvalue weighted by molar-refractivity contribution is -0.132. The number of nitrogens with one attached hydrogen (secondary N) is 1. The largest absolute Gasteiger partial charge is 0.446 e. The number of aromatic nitrogens is 1. The fraction of sp³-hybridized carbons (Fsp3) is 0.706. The number of nitrogens with zero attached hydrogens (tertiary/aromatic N) is 2. The number of ether oxygens (including phenoxy) is 2. The highest BCUT2D eigenvalue weighted by Crippen LogP contribution is 2.09. The summed E-state index contributed by atoms with van der Waals surface area (Å²) in [7, 11) is 3.24. The number of hydrogen-bond donors (Lipinski definition) is 1. The van der Waals surface area contributed by atoms with Crippen LogP contribution in [0.1, 0.15) is 49.0 Å². The third-order valence-electron chi connectivity index (χ3n) is 3.51. The van der Waals surface area contributed by atoms with Gasteiger partial charge in [-0.15, -0.1) is 0 Å². The van der Waals surface area contributed by atoms with Gasteiger partial charge in [0.05, 0.1) is 6.54 Å². The summed E-state index contributed by atoms with van der Waals surface area (Å²) in [4.78, 5) is 30.1. The first kappa shape index (κ1) is 21.1. The molecule has 1 aromatic rings. The van der Waals surface area contributed by atoms with Crippen molar-refractivity contribution in [3.05, 3.63) is 17.8 Å². The topological polar surface area (TPSA) is 93.9 Å². The number of rotatable bonds is 13. The molecule has 0 radical (unpaired) electrons. The third-order valence-corrected chi connectivity index (χ3v) is 3.51. The van der Waals surface area contributed by atoms with Crippen molar-refractivity contribution in [2.45, 2.75) is 39.2 Å². The lowest BCUT2D eigenvalue weighted by Crippen LogP contribution is -2.32. The number of oxazole rings is 1. The highest BCUT2D eigenvalue weighted by atomic mass is 16.5. The summed E-state index contributed by atoms with van der Waals surface area (Å²) >= 11 is 0. The van der Waals surface area contributed by atoms with Crippen LogP contribution in [0.25, 0.3) is 0 Å². The second-order valence-electron chi connectivity index (χ2n) is 5.64. The summed E-state index contributed by atoms with van der Waals surface area (Å²) in [5.41, 5.74) is 0.215. The van der Waals surface area contributed by atoms with Crippen LogP contribution in [0.15, 0.2) is 10.7 Å². The molecule has 0 aliphatic heterocycles. The highest BCUT2D eigenvalue weighted by Gasteiger charge is 2.18. The Kier molecular flexibility index (Phi) is 10.5. The molecular weight excluding hydrogens is 326 g/mol. The zero-order chi connectivity index (χ0) is 18.5. The molecule has 0 aliphatic carbocycles. The van der Waals surface area contributed by atoms with Crippen LogP contribution in [0, 0.1) is 0 Å². The predicted molar refractivity (Wildman–Crippen MR) is 92.1 cm³/mol. The van der Waals surface area contributed by atoms with Crippen molar-refractivity contribution < 1.29 is 23.5 Å². The molecule has 0 spiro atoms. The predicted octanol–water partition coefficient (Wildman–Crippen LogP) is 1.61. The lowest BCUT2D eigenvalue weighted by atomic mass is 10.2. The number of carbonyl (C=O) groups is 2. The standard InChI is InChI=1S/C17H29N3O5/c1-4-7-16(21)20(9-6-11-24-3)12-15-19-14(13-25-15)17(22)18-8-5-10-23-2/h13H,4-12H2,1-3H3,(H,18,22). The van der Waals surface area contributed by atoms with Gasteiger partial charge in [0.1, 0.15) is 6.26 Å². The minimum absolute atomic E-state index is 0.0439. The fourth-order valence-corrected chi connectivity index (χ4v) is 2.22. The third kappa shape index (κ3) is 8.13. The Balaban J connectivity index is 2.58. The second kappa shape index (κ2) is 12.4. The van der Waals surface area contributed by atoms with Crippen LogP contribution >= 0.6 is 0 Å². The second-order valence-corrected chi connectivity index (χ2v) is 5.64. The minimum atomic E-state index is -0.295. The molecule has 0 aliphatic rings. The van der Waals surface area contributed by atoms with E-state index in [0.717, 1.165) is 19.3 Å². The normalized spacial score (nSPS) is 10.7. The first-order valence-electron chi connectivity index (χ1n) is 8.60. The average Bonchev–Trinajstić information content (AvgIpc) is 3.07. The molecule has 1 rings (SSSR count). The molecule has 0 aromatic carbocycles. The lowest BCUT2D eigenvalue weighted by Gasteiger charge is -2.20. The van der Waals surface area contributed by atoms with Crippen molar-refractivity contribution in [3.8, 4) is 0 Å². The van der Waals surface area contributed by atoms with Gasteiger partial charge in [0.15, 0.2) is 5.69 Å². The van der Waals surface area contributed by atoms with E-state index in [-0.39, 0.29) is 24.1 Å². The Labute approximate surface area is 148 Å². The molecule has 0 atom stereocenters. The van der Waals surface area contributed by atoms with Gasteiger partial charge in [0.25, 0.3) is 5.91 Å². The minimum Gasteiger partial charge on any atom is -0.446 e. The monoisotopic (exact) mass is 355 g/mol. The molecule has 8 nitrogen and oxygen atoms in total. The van der Waals surface area contributed by atoms with Crippen molar-refractivity contribution >= 4 is 11.8 Å². The first-order valence-corrected chi connectivity index (χ1v) is 8.60. The van der Waals surface area contributed by atoms with Gasteiger partial charge in [-0.05, 0) is 19.3 Å². The van der Waals surface area contributed by atoms with E-state index in [1.807, 2.05) is 6.92 Å². The van der Waals surface area contributed by atoms with E-state index in [1.165, 1.54) is 6.26 Å². The van der Waals surface area contributed by atoms with E-state index in [0.29, 0.717) is 38.6 Å². The molecule has 0 fully saturated rings. The van der Waals surface area contributed by atoms with Crippen molar-refractivity contribution in [1.29, 1.82) is 0 Å². The van der Waals surface area contributed by atoms with E-state index in [1.54, 1.807) is 19.1 Å². The molecule has 25 heavy (non-hydrogen) atoms. The molecule has 2 amide bonds. The SMILES string of the molecule is CCCC(=O)N(CCCOC)Cc1nc(C(=O)NCCCOC)co1. The first-order chi connectivity index (χ1) is 12.1. The molecule has 1 N–H and O–H groups in total. The van der Waals surface area contributed by atoms with Crippen LogP contribution in [0.3, 0.4) is 0 Å². The number of amides is 2. The van der Waals surface area contributed by atoms with Crippen LogP contribution in [0.4, 0.5) is 0 Å². The quantitative estimate of drug-likeness (QED) is 0.540. The summed E-state index contributed by atoms with van der Waals surface area (Å²) in [6.45, 7) is 4.44. The zero-order valence-corrected chi connectivity index (χ0v) is 15.4. The molecule has 142 valence electrons. The van der Waals surface area contributed by atoms with Gasteiger partial charge in [-0.25, -0.2) is 4.98 Å². The molecular formula is C17H29N3O5. The van der Waals surface area contributed by atoms with Crippen LogP contribution in [0.2, 0.25) is 0 Å². The Morgan fingerprint density at radius 3 is 2.64 bits per heavy atom. The van der Waals surface area contributed by atoms with Crippen LogP contribution in [-0.2, 0) is 20.8 Å². The van der Waals surface area contributed by atoms with Crippen molar-refractivity contribution in [1.82, 2.24) is 15.2 Å². The van der Waals surface area contributed by atoms with E-state index < -0.39 is 0 Å². The maximum absolute atomic E-state index is 12.2. The molecule has 0 saturated carbocycles. The van der Waals surface area contributed by atoms with E-state index in [9.17, 15) is 9.59 Å². The van der Waals surface area contributed by atoms with Gasteiger partial charge in [-0.2, -0.15) is 0 Å². The maximum Gasteiger partial charge on any atom is 0.273 e. The number of carbonyl (C=O) groups excluding carboxylic acids is 2. The molecule has 0 bridgehead atoms. The average molecular weight is 355 g/mol. The summed E-state index contributed by atoms with van der Waals surface area (Å²) in [5.74, 6) is 0.100. The molecule has 0 saturated heterocycles. The van der Waals surface area contributed by atoms with Crippen molar-refractivity contribution in [3.63, 3.8) is 0 Å². The van der Waals surface area contributed by atoms with Crippen LogP contribution < -0.4 is 5.32 Å². The molecule has 8 heteroatoms. The van der Waals surface area contributed by atoms with E-state index in [4.69, 9.17) is 13.9 Å². The van der Waals surface area contributed by atoms with Gasteiger partial charge in [-0.3, -0.25) is 9.59 Å². The smallest absolute Gasteiger partial charge is 0.273 e. The van der Waals surface area contributed by atoms with Crippen molar-refractivity contribution in [2.75, 3.05) is 40.5 Å². The van der Waals surface area contributed by atoms with Gasteiger partial charge >= 0.3 is 0 Å². The maximum atomic E-state index is 12.2. The van der Waals surface area contributed by atoms with Crippen LogP contribution in [0.5, 0.6) is 0 Å².